The molecule has 0 aliphatic carbocycles. The van der Waals surface area contributed by atoms with E-state index in [2.05, 4.69) is 10.6 Å². The van der Waals surface area contributed by atoms with Gasteiger partial charge in [0.2, 0.25) is 11.8 Å². The number of nitrogens with zero attached hydrogens (tertiary/aromatic N) is 1. The van der Waals surface area contributed by atoms with Gasteiger partial charge >= 0.3 is 0 Å². The summed E-state index contributed by atoms with van der Waals surface area (Å²) in [5.74, 6) is -1.25. The van der Waals surface area contributed by atoms with Gasteiger partial charge in [0.1, 0.15) is 0 Å². The third kappa shape index (κ3) is 5.23. The quantitative estimate of drug-likeness (QED) is 0.564. The lowest BCUT2D eigenvalue weighted by Gasteiger charge is -2.18. The van der Waals surface area contributed by atoms with Crippen LogP contribution in [0, 0.1) is 12.8 Å². The first-order chi connectivity index (χ1) is 15.9. The molecule has 0 radical (unpaired) electrons. The predicted octanol–water partition coefficient (Wildman–Crippen LogP) is 4.57. The van der Waals surface area contributed by atoms with Gasteiger partial charge in [-0.2, -0.15) is 0 Å². The van der Waals surface area contributed by atoms with Crippen molar-refractivity contribution in [3.63, 3.8) is 0 Å². The Bertz CT molecular complexity index is 1200. The van der Waals surface area contributed by atoms with Crippen molar-refractivity contribution in [2.45, 2.75) is 19.9 Å². The maximum atomic E-state index is 13.0. The van der Waals surface area contributed by atoms with E-state index in [1.165, 1.54) is 0 Å². The van der Waals surface area contributed by atoms with Crippen LogP contribution >= 0.6 is 11.6 Å². The summed E-state index contributed by atoms with van der Waals surface area (Å²) in [7, 11) is 0. The molecule has 0 bridgehead atoms. The number of aryl methyl sites for hydroxylation is 1. The van der Waals surface area contributed by atoms with Gasteiger partial charge in [0.05, 0.1) is 17.2 Å². The third-order valence-electron chi connectivity index (χ3n) is 5.69. The molecule has 0 spiro atoms. The number of carbonyl (C=O) groups excluding carboxylic acids is 3. The van der Waals surface area contributed by atoms with Crippen molar-refractivity contribution >= 4 is 40.7 Å². The van der Waals surface area contributed by atoms with Crippen LogP contribution < -0.4 is 15.5 Å². The number of hydrogen-bond donors (Lipinski definition) is 2. The van der Waals surface area contributed by atoms with E-state index in [0.717, 1.165) is 11.1 Å². The topological polar surface area (TPSA) is 78.5 Å². The molecule has 1 saturated heterocycles. The Kier molecular flexibility index (Phi) is 6.75. The molecule has 1 fully saturated rings. The van der Waals surface area contributed by atoms with Gasteiger partial charge in [0.15, 0.2) is 0 Å². The Morgan fingerprint density at radius 1 is 1.03 bits per heavy atom. The highest BCUT2D eigenvalue weighted by molar-refractivity contribution is 6.31. The van der Waals surface area contributed by atoms with Crippen molar-refractivity contribution in [2.24, 2.45) is 5.92 Å². The van der Waals surface area contributed by atoms with Crippen molar-refractivity contribution < 1.29 is 14.4 Å². The highest BCUT2D eigenvalue weighted by Crippen LogP contribution is 2.29. The van der Waals surface area contributed by atoms with Crippen molar-refractivity contribution in [3.05, 3.63) is 94.5 Å². The second kappa shape index (κ2) is 9.88. The molecule has 33 heavy (non-hydrogen) atoms. The Morgan fingerprint density at radius 2 is 1.76 bits per heavy atom. The van der Waals surface area contributed by atoms with Crippen LogP contribution in [0.3, 0.4) is 0 Å². The lowest BCUT2D eigenvalue weighted by atomic mass is 10.1. The van der Waals surface area contributed by atoms with Gasteiger partial charge in [-0.25, -0.2) is 0 Å². The second-order valence-electron chi connectivity index (χ2n) is 8.04. The number of anilines is 2. The van der Waals surface area contributed by atoms with E-state index in [4.69, 9.17) is 11.6 Å². The van der Waals surface area contributed by atoms with Crippen molar-refractivity contribution in [2.75, 3.05) is 16.8 Å². The Hall–Kier alpha value is -3.64. The van der Waals surface area contributed by atoms with Crippen LogP contribution in [0.2, 0.25) is 5.02 Å². The molecular formula is C26H24ClN3O3. The van der Waals surface area contributed by atoms with Crippen LogP contribution in [0.5, 0.6) is 0 Å². The summed E-state index contributed by atoms with van der Waals surface area (Å²) in [6.45, 7) is 2.53. The molecule has 1 heterocycles. The maximum absolute atomic E-state index is 13.0. The van der Waals surface area contributed by atoms with E-state index >= 15 is 0 Å². The fraction of sp³-hybridized carbons (Fsp3) is 0.192. The number of nitrogens with one attached hydrogen (secondary N) is 2. The van der Waals surface area contributed by atoms with E-state index < -0.39 is 5.92 Å². The molecule has 2 N–H and O–H groups in total. The number of amides is 3. The maximum Gasteiger partial charge on any atom is 0.253 e. The minimum atomic E-state index is -0.530. The minimum Gasteiger partial charge on any atom is -0.348 e. The fourth-order valence-electron chi connectivity index (χ4n) is 3.78. The van der Waals surface area contributed by atoms with Gasteiger partial charge in [0, 0.05) is 30.2 Å². The number of rotatable bonds is 6. The molecule has 4 rings (SSSR count). The van der Waals surface area contributed by atoms with Crippen LogP contribution in [-0.2, 0) is 16.1 Å². The molecule has 3 aromatic rings. The summed E-state index contributed by atoms with van der Waals surface area (Å²) in [5.41, 5.74) is 3.36. The normalized spacial score (nSPS) is 15.4. The van der Waals surface area contributed by atoms with Crippen molar-refractivity contribution in [1.82, 2.24) is 5.32 Å². The standard InChI is InChI=1S/C26H24ClN3O3/c1-17-11-12-20(14-22(17)27)30-16-19(13-24(30)31)25(32)29-23-10-6-5-9-21(23)26(33)28-15-18-7-3-2-4-8-18/h2-12,14,19H,13,15-16H2,1H3,(H,28,33)(H,29,32). The van der Waals surface area contributed by atoms with Crippen LogP contribution in [0.25, 0.3) is 0 Å². The second-order valence-corrected chi connectivity index (χ2v) is 8.45. The first-order valence-electron chi connectivity index (χ1n) is 10.7. The number of para-hydroxylation sites is 1. The van der Waals surface area contributed by atoms with Gasteiger partial charge in [0.25, 0.3) is 5.91 Å². The molecule has 168 valence electrons. The molecule has 3 aromatic carbocycles. The average molecular weight is 462 g/mol. The van der Waals surface area contributed by atoms with Gasteiger partial charge in [-0.05, 0) is 42.3 Å². The van der Waals surface area contributed by atoms with Gasteiger partial charge in [-0.1, -0.05) is 60.1 Å². The molecular weight excluding hydrogens is 438 g/mol. The van der Waals surface area contributed by atoms with Crippen LogP contribution in [0.1, 0.15) is 27.9 Å². The number of hydrogen-bond acceptors (Lipinski definition) is 3. The first-order valence-corrected chi connectivity index (χ1v) is 11.1. The molecule has 1 atom stereocenters. The highest BCUT2D eigenvalue weighted by Gasteiger charge is 2.35. The lowest BCUT2D eigenvalue weighted by Crippen LogP contribution is -2.29. The number of carbonyl (C=O) groups is 3. The number of halogens is 1. The smallest absolute Gasteiger partial charge is 0.253 e. The Morgan fingerprint density at radius 3 is 2.52 bits per heavy atom. The summed E-state index contributed by atoms with van der Waals surface area (Å²) in [4.78, 5) is 39.9. The highest BCUT2D eigenvalue weighted by atomic mass is 35.5. The molecule has 1 aliphatic rings. The molecule has 0 saturated carbocycles. The zero-order chi connectivity index (χ0) is 23.4. The van der Waals surface area contributed by atoms with Crippen LogP contribution in [0.4, 0.5) is 11.4 Å². The molecule has 6 nitrogen and oxygen atoms in total. The largest absolute Gasteiger partial charge is 0.348 e. The summed E-state index contributed by atoms with van der Waals surface area (Å²) in [5, 5.41) is 6.29. The lowest BCUT2D eigenvalue weighted by molar-refractivity contribution is -0.122. The summed E-state index contributed by atoms with van der Waals surface area (Å²) < 4.78 is 0. The van der Waals surface area contributed by atoms with E-state index in [-0.39, 0.29) is 30.7 Å². The zero-order valence-electron chi connectivity index (χ0n) is 18.2. The first kappa shape index (κ1) is 22.6. The van der Waals surface area contributed by atoms with Crippen molar-refractivity contribution in [1.29, 1.82) is 0 Å². The molecule has 1 unspecified atom stereocenters. The summed E-state index contributed by atoms with van der Waals surface area (Å²) >= 11 is 6.20. The van der Waals surface area contributed by atoms with Crippen LogP contribution in [-0.4, -0.2) is 24.3 Å². The average Bonchev–Trinajstić information content (AvgIpc) is 3.22. The fourth-order valence-corrected chi connectivity index (χ4v) is 3.96. The van der Waals surface area contributed by atoms with Crippen molar-refractivity contribution in [3.8, 4) is 0 Å². The summed E-state index contributed by atoms with van der Waals surface area (Å²) in [6, 6.07) is 21.8. The molecule has 7 heteroatoms. The molecule has 0 aromatic heterocycles. The zero-order valence-corrected chi connectivity index (χ0v) is 18.9. The third-order valence-corrected chi connectivity index (χ3v) is 6.10. The monoisotopic (exact) mass is 461 g/mol. The predicted molar refractivity (Wildman–Crippen MR) is 129 cm³/mol. The van der Waals surface area contributed by atoms with Gasteiger partial charge < -0.3 is 15.5 Å². The Balaban J connectivity index is 1.43. The van der Waals surface area contributed by atoms with E-state index in [9.17, 15) is 14.4 Å². The number of benzene rings is 3. The molecule has 3 amide bonds. The van der Waals surface area contributed by atoms with E-state index in [1.807, 2.05) is 49.4 Å². The minimum absolute atomic E-state index is 0.0969. The van der Waals surface area contributed by atoms with Crippen LogP contribution in [0.15, 0.2) is 72.8 Å². The van der Waals surface area contributed by atoms with Gasteiger partial charge in [-0.15, -0.1) is 0 Å². The summed E-state index contributed by atoms with van der Waals surface area (Å²) in [6.07, 6.45) is 0.0969. The molecule has 1 aliphatic heterocycles. The Labute approximate surface area is 197 Å². The van der Waals surface area contributed by atoms with Gasteiger partial charge in [-0.3, -0.25) is 14.4 Å². The van der Waals surface area contributed by atoms with E-state index in [0.29, 0.717) is 28.5 Å². The van der Waals surface area contributed by atoms with E-state index in [1.54, 1.807) is 35.2 Å². The SMILES string of the molecule is Cc1ccc(N2CC(C(=O)Nc3ccccc3C(=O)NCc3ccccc3)CC2=O)cc1Cl.